The van der Waals surface area contributed by atoms with Crippen LogP contribution in [0.1, 0.15) is 404 Å². The number of amides is 2. The molecule has 3 aromatic carbocycles. The SMILES string of the molecule is CCCCCCCCCCCCCCC1(CCCCCCCCCCCCCC)c2cc3c(cc2-c2c1cc(C)c1nsnc21)C(CCCCCCCCCCCCCC)(CCCCCCCCCCCCCC)c1cc(-c2ccc(C4=C5C(=O)N(C)C(c6ccc(C)s6)=C5C(=O)N4C)s2)c2nsnc2c1-3. The van der Waals surface area contributed by atoms with Crippen LogP contribution in [0.5, 0.6) is 0 Å². The summed E-state index contributed by atoms with van der Waals surface area (Å²) in [5.74, 6) is -0.242. The number of hydrogen-bond donors (Lipinski definition) is 0. The van der Waals surface area contributed by atoms with Crippen LogP contribution in [0.2, 0.25) is 0 Å². The molecule has 0 bridgehead atoms. The molecule has 0 fully saturated rings. The number of carbonyl (C=O) groups excluding carboxylic acids is 2. The summed E-state index contributed by atoms with van der Waals surface area (Å²) in [6.07, 6.45) is 68.8. The Morgan fingerprint density at radius 1 is 0.311 bits per heavy atom. The van der Waals surface area contributed by atoms with Crippen LogP contribution in [0.4, 0.5) is 0 Å². The molecule has 0 N–H and O–H groups in total. The van der Waals surface area contributed by atoms with E-state index < -0.39 is 0 Å². The van der Waals surface area contributed by atoms with Crippen LogP contribution in [0.25, 0.3) is 66.2 Å². The Morgan fingerprint density at radius 3 is 0.943 bits per heavy atom. The van der Waals surface area contributed by atoms with Crippen LogP contribution in [-0.4, -0.2) is 53.2 Å². The molecule has 4 aromatic heterocycles. The molecule has 2 aliphatic carbocycles. The number of thiophene rings is 2. The van der Waals surface area contributed by atoms with Crippen molar-refractivity contribution in [2.24, 2.45) is 0 Å². The average Bonchev–Trinajstić information content (AvgIpc) is 1.52. The maximum Gasteiger partial charge on any atom is 0.261 e. The van der Waals surface area contributed by atoms with Crippen LogP contribution >= 0.6 is 46.1 Å². The Hall–Kier alpha value is -4.88. The minimum absolute atomic E-state index is 0.121. The second-order valence-electron chi connectivity index (χ2n) is 33.3. The summed E-state index contributed by atoms with van der Waals surface area (Å²) in [4.78, 5) is 36.8. The van der Waals surface area contributed by atoms with E-state index in [0.29, 0.717) is 16.8 Å². The van der Waals surface area contributed by atoms with Gasteiger partial charge in [-0.3, -0.25) is 9.59 Å². The number of aryl methyl sites for hydroxylation is 2. The zero-order valence-corrected chi connectivity index (χ0v) is 70.8. The summed E-state index contributed by atoms with van der Waals surface area (Å²) in [6, 6.07) is 19.4. The van der Waals surface area contributed by atoms with Gasteiger partial charge in [-0.15, -0.1) is 22.7 Å². The van der Waals surface area contributed by atoms with E-state index in [0.717, 1.165) is 78.5 Å². The van der Waals surface area contributed by atoms with Crippen molar-refractivity contribution in [1.82, 2.24) is 27.3 Å². The number of benzene rings is 3. The highest BCUT2D eigenvalue weighted by atomic mass is 32.1. The number of aromatic nitrogens is 4. The second-order valence-corrected chi connectivity index (χ2v) is 36.7. The van der Waals surface area contributed by atoms with Crippen molar-refractivity contribution in [3.63, 3.8) is 0 Å². The molecule has 4 aliphatic rings. The first-order valence-corrected chi connectivity index (χ1v) is 47.1. The maximum absolute atomic E-state index is 14.6. The van der Waals surface area contributed by atoms with Crippen LogP contribution in [0.3, 0.4) is 0 Å². The third kappa shape index (κ3) is 19.5. The van der Waals surface area contributed by atoms with Crippen LogP contribution in [0, 0.1) is 13.8 Å². The number of unbranched alkanes of at least 4 members (excludes halogenated alkanes) is 44. The van der Waals surface area contributed by atoms with Gasteiger partial charge >= 0.3 is 0 Å². The standard InChI is InChI=1S/C94H136N6O2S4/c1-9-13-17-21-25-29-33-37-41-45-49-53-61-93(62-54-50-46-42-38-34-30-26-22-18-14-10-2)74-67-72-75(66-71(74)81-76(93)65-69(5)85-87(81)97-105-95-85)94(63-55-51-47-43-39-35-31-27-23-19-15-11-3,64-56-52-48-44-40-36-32-28-24-20-16-12-4)77-68-73(86-88(82(72)77)98-106-96-86)78-59-60-80(104-78)90-84-83(91(101)100(90)8)89(99(7)92(84)102)79-58-57-70(6)103-79/h57-60,65-68H,9-56,61-64H2,1-8H3. The monoisotopic (exact) mass is 1510 g/mol. The molecule has 11 rings (SSSR count). The second kappa shape index (κ2) is 42.0. The quantitative estimate of drug-likeness (QED) is 0.0353. The highest BCUT2D eigenvalue weighted by Crippen LogP contribution is 2.64. The fraction of sp³-hybridized carbons (Fsp3) is 0.660. The predicted molar refractivity (Wildman–Crippen MR) is 460 cm³/mol. The Labute approximate surface area is 658 Å². The number of hydrogen-bond acceptors (Lipinski definition) is 10. The van der Waals surface area contributed by atoms with Gasteiger partial charge in [-0.2, -0.15) is 17.5 Å². The molecule has 6 heterocycles. The van der Waals surface area contributed by atoms with Gasteiger partial charge < -0.3 is 9.80 Å². The van der Waals surface area contributed by atoms with Crippen molar-refractivity contribution in [2.45, 2.75) is 386 Å². The number of fused-ring (bicyclic) bond motifs is 11. The predicted octanol–water partition coefficient (Wildman–Crippen LogP) is 30.1. The maximum atomic E-state index is 14.6. The minimum Gasteiger partial charge on any atom is -0.309 e. The third-order valence-electron chi connectivity index (χ3n) is 25.4. The molecule has 578 valence electrons. The van der Waals surface area contributed by atoms with E-state index in [2.05, 4.69) is 90.1 Å². The number of nitrogens with zero attached hydrogens (tertiary/aromatic N) is 6. The van der Waals surface area contributed by atoms with Gasteiger partial charge in [0.2, 0.25) is 0 Å². The minimum atomic E-state index is -0.260. The van der Waals surface area contributed by atoms with Crippen molar-refractivity contribution >= 4 is 91.4 Å². The van der Waals surface area contributed by atoms with Crippen LogP contribution in [0.15, 0.2) is 59.7 Å². The molecular weight excluding hydrogens is 1370 g/mol. The lowest BCUT2D eigenvalue weighted by Gasteiger charge is -2.35. The fourth-order valence-electron chi connectivity index (χ4n) is 19.3. The van der Waals surface area contributed by atoms with E-state index >= 15 is 0 Å². The van der Waals surface area contributed by atoms with Gasteiger partial charge in [-0.05, 0) is 121 Å². The van der Waals surface area contributed by atoms with Gasteiger partial charge in [0.25, 0.3) is 11.8 Å². The summed E-state index contributed by atoms with van der Waals surface area (Å²) >= 11 is 6.11. The Bertz CT molecular complexity index is 3930. The largest absolute Gasteiger partial charge is 0.309 e. The average molecular weight is 1510 g/mol. The first-order valence-electron chi connectivity index (χ1n) is 44.0. The molecule has 0 spiro atoms. The van der Waals surface area contributed by atoms with Gasteiger partial charge in [-0.1, -0.05) is 342 Å². The molecule has 0 radical (unpaired) electrons. The normalized spacial score (nSPS) is 14.9. The lowest BCUT2D eigenvalue weighted by molar-refractivity contribution is -0.123. The van der Waals surface area contributed by atoms with Crippen molar-refractivity contribution in [3.05, 3.63) is 102 Å². The molecule has 0 saturated carbocycles. The number of likely N-dealkylation sites (N-methyl/N-ethyl adjacent to an activating group) is 2. The van der Waals surface area contributed by atoms with E-state index in [1.807, 2.05) is 14.1 Å². The first kappa shape index (κ1) is 82.1. The molecule has 0 atom stereocenters. The van der Waals surface area contributed by atoms with Crippen LogP contribution < -0.4 is 0 Å². The van der Waals surface area contributed by atoms with E-state index in [1.165, 1.54) is 382 Å². The highest BCUT2D eigenvalue weighted by Gasteiger charge is 2.51. The summed E-state index contributed by atoms with van der Waals surface area (Å²) in [7, 11) is 3.68. The van der Waals surface area contributed by atoms with Crippen molar-refractivity contribution in [2.75, 3.05) is 14.1 Å². The molecule has 2 aliphatic heterocycles. The van der Waals surface area contributed by atoms with E-state index in [4.69, 9.17) is 17.5 Å². The summed E-state index contributed by atoms with van der Waals surface area (Å²) in [5, 5.41) is 0. The van der Waals surface area contributed by atoms with Gasteiger partial charge in [0.15, 0.2) is 0 Å². The van der Waals surface area contributed by atoms with E-state index in [-0.39, 0.29) is 22.6 Å². The van der Waals surface area contributed by atoms with Gasteiger partial charge in [-0.25, -0.2) is 0 Å². The number of carbonyl (C=O) groups is 2. The number of rotatable bonds is 55. The van der Waals surface area contributed by atoms with Crippen molar-refractivity contribution < 1.29 is 9.59 Å². The van der Waals surface area contributed by atoms with Crippen molar-refractivity contribution in [3.8, 4) is 32.7 Å². The topological polar surface area (TPSA) is 92.2 Å². The van der Waals surface area contributed by atoms with Gasteiger partial charge in [0, 0.05) is 51.4 Å². The first-order chi connectivity index (χ1) is 52.0. The highest BCUT2D eigenvalue weighted by molar-refractivity contribution is 7.16. The van der Waals surface area contributed by atoms with E-state index in [9.17, 15) is 9.59 Å². The summed E-state index contributed by atoms with van der Waals surface area (Å²) in [6.45, 7) is 13.7. The van der Waals surface area contributed by atoms with Crippen molar-refractivity contribution in [1.29, 1.82) is 0 Å². The Balaban J connectivity index is 0.992. The van der Waals surface area contributed by atoms with Gasteiger partial charge in [0.05, 0.1) is 55.8 Å². The lowest BCUT2D eigenvalue weighted by atomic mass is 9.68. The smallest absolute Gasteiger partial charge is 0.261 e. The van der Waals surface area contributed by atoms with Gasteiger partial charge in [0.1, 0.15) is 22.1 Å². The zero-order valence-electron chi connectivity index (χ0n) is 67.5. The summed E-state index contributed by atoms with van der Waals surface area (Å²) in [5.41, 5.74) is 20.2. The molecule has 12 heteroatoms. The molecule has 0 saturated heterocycles. The Kier molecular flexibility index (Phi) is 32.5. The fourth-order valence-corrected chi connectivity index (χ4v) is 22.5. The molecule has 0 unspecified atom stereocenters. The van der Waals surface area contributed by atoms with E-state index in [1.54, 1.807) is 32.5 Å². The molecule has 8 nitrogen and oxygen atoms in total. The lowest BCUT2D eigenvalue weighted by Crippen LogP contribution is -2.27. The Morgan fingerprint density at radius 2 is 0.594 bits per heavy atom. The summed E-state index contributed by atoms with van der Waals surface area (Å²) < 4.78 is 21.4. The molecule has 2 amide bonds. The zero-order chi connectivity index (χ0) is 74.1. The third-order valence-corrected chi connectivity index (χ3v) is 28.6. The molecular formula is C94H136N6O2S4. The van der Waals surface area contributed by atoms with Crippen LogP contribution in [-0.2, 0) is 20.4 Å². The molecule has 106 heavy (non-hydrogen) atoms. The molecule has 7 aromatic rings.